The summed E-state index contributed by atoms with van der Waals surface area (Å²) < 4.78 is 0. The summed E-state index contributed by atoms with van der Waals surface area (Å²) in [5, 5.41) is 7.93. The topological polar surface area (TPSA) is 75.3 Å². The molecule has 5 aromatic carbocycles. The van der Waals surface area contributed by atoms with Crippen LogP contribution in [0.5, 0.6) is 0 Å². The van der Waals surface area contributed by atoms with Crippen LogP contribution in [0.1, 0.15) is 37.4 Å². The number of carbonyl (C=O) groups is 3. The highest BCUT2D eigenvalue weighted by Gasteiger charge is 2.23. The summed E-state index contributed by atoms with van der Waals surface area (Å²) in [5.74, 6) is -0.976. The molecule has 0 unspecified atom stereocenters. The van der Waals surface area contributed by atoms with Crippen LogP contribution in [-0.2, 0) is 11.2 Å². The van der Waals surface area contributed by atoms with E-state index in [0.29, 0.717) is 17.5 Å². The maximum atomic E-state index is 13.5. The van der Waals surface area contributed by atoms with Crippen molar-refractivity contribution in [2.45, 2.75) is 12.5 Å². The standard InChI is InChI=1S/C36H30N2O3/c39-34(25-37-35(40)30-15-5-2-6-16-30)33(24-26-11-3-1-4-12-26)38-36(41)32-18-10-9-14-29(32)22-20-27-19-21-28-13-7-8-17-31(28)23-27/h1-23,33H,24-25H2,(H,37,40)(H,38,41)/t33-/m0/s1. The molecule has 0 aliphatic rings. The van der Waals surface area contributed by atoms with Gasteiger partial charge in [-0.25, -0.2) is 0 Å². The lowest BCUT2D eigenvalue weighted by molar-refractivity contribution is -0.119. The fourth-order valence-corrected chi connectivity index (χ4v) is 4.66. The van der Waals surface area contributed by atoms with Gasteiger partial charge in [0.2, 0.25) is 0 Å². The molecule has 0 aromatic heterocycles. The molecule has 41 heavy (non-hydrogen) atoms. The van der Waals surface area contributed by atoms with E-state index < -0.39 is 6.04 Å². The predicted octanol–water partition coefficient (Wildman–Crippen LogP) is 6.35. The van der Waals surface area contributed by atoms with Gasteiger partial charge in [-0.2, -0.15) is 0 Å². The summed E-state index contributed by atoms with van der Waals surface area (Å²) in [7, 11) is 0. The number of Topliss-reactive ketones (excluding diaryl/α,β-unsaturated/α-hetero) is 1. The monoisotopic (exact) mass is 538 g/mol. The van der Waals surface area contributed by atoms with Crippen molar-refractivity contribution in [3.8, 4) is 0 Å². The second kappa shape index (κ2) is 13.2. The largest absolute Gasteiger partial charge is 0.345 e. The first-order valence-electron chi connectivity index (χ1n) is 13.5. The van der Waals surface area contributed by atoms with Crippen LogP contribution < -0.4 is 10.6 Å². The van der Waals surface area contributed by atoms with Gasteiger partial charge in [-0.1, -0.05) is 115 Å². The molecule has 0 aliphatic carbocycles. The number of ketones is 1. The molecule has 5 aromatic rings. The lowest BCUT2D eigenvalue weighted by atomic mass is 10.00. The van der Waals surface area contributed by atoms with Crippen LogP contribution in [0, 0.1) is 0 Å². The molecule has 0 radical (unpaired) electrons. The highest BCUT2D eigenvalue weighted by Crippen LogP contribution is 2.19. The van der Waals surface area contributed by atoms with Crippen molar-refractivity contribution in [3.05, 3.63) is 155 Å². The molecule has 202 valence electrons. The van der Waals surface area contributed by atoms with Crippen LogP contribution in [0.25, 0.3) is 22.9 Å². The lowest BCUT2D eigenvalue weighted by Gasteiger charge is -2.19. The molecule has 0 fully saturated rings. The SMILES string of the molecule is O=C(NCC(=O)[C@H](Cc1ccccc1)NC(=O)c1ccccc1C=Cc1ccc2ccccc2c1)c1ccccc1. The minimum atomic E-state index is -0.821. The molecule has 0 aliphatic heterocycles. The number of benzene rings is 5. The van der Waals surface area contributed by atoms with Crippen LogP contribution in [0.2, 0.25) is 0 Å². The summed E-state index contributed by atoms with van der Waals surface area (Å²) in [6, 6.07) is 39.1. The molecule has 0 saturated heterocycles. The Kier molecular flexibility index (Phi) is 8.77. The second-order valence-corrected chi connectivity index (χ2v) is 9.76. The third kappa shape index (κ3) is 7.22. The quantitative estimate of drug-likeness (QED) is 0.204. The maximum absolute atomic E-state index is 13.5. The maximum Gasteiger partial charge on any atom is 0.252 e. The number of nitrogens with one attached hydrogen (secondary N) is 2. The van der Waals surface area contributed by atoms with Crippen LogP contribution >= 0.6 is 0 Å². The Labute approximate surface area is 239 Å². The van der Waals surface area contributed by atoms with Gasteiger partial charge in [0.05, 0.1) is 12.6 Å². The van der Waals surface area contributed by atoms with Crippen molar-refractivity contribution in [1.29, 1.82) is 0 Å². The molecular weight excluding hydrogens is 508 g/mol. The van der Waals surface area contributed by atoms with E-state index in [1.165, 1.54) is 5.39 Å². The first kappa shape index (κ1) is 27.3. The zero-order valence-electron chi connectivity index (χ0n) is 22.5. The van der Waals surface area contributed by atoms with Gasteiger partial charge in [-0.3, -0.25) is 14.4 Å². The van der Waals surface area contributed by atoms with Gasteiger partial charge < -0.3 is 10.6 Å². The smallest absolute Gasteiger partial charge is 0.252 e. The number of fused-ring (bicyclic) bond motifs is 1. The van der Waals surface area contributed by atoms with Crippen molar-refractivity contribution >= 4 is 40.5 Å². The molecule has 2 amide bonds. The fraction of sp³-hybridized carbons (Fsp3) is 0.0833. The van der Waals surface area contributed by atoms with Crippen LogP contribution in [0.4, 0.5) is 0 Å². The summed E-state index contributed by atoms with van der Waals surface area (Å²) in [4.78, 5) is 39.4. The highest BCUT2D eigenvalue weighted by molar-refractivity contribution is 6.03. The molecular formula is C36H30N2O3. The summed E-state index contributed by atoms with van der Waals surface area (Å²) in [6.45, 7) is -0.199. The Morgan fingerprint density at radius 1 is 0.634 bits per heavy atom. The first-order valence-corrected chi connectivity index (χ1v) is 13.5. The van der Waals surface area contributed by atoms with Crippen LogP contribution in [0.15, 0.2) is 127 Å². The van der Waals surface area contributed by atoms with Gasteiger partial charge in [-0.05, 0) is 58.1 Å². The number of hydrogen-bond acceptors (Lipinski definition) is 3. The number of rotatable bonds is 10. The average molecular weight is 539 g/mol. The van der Waals surface area contributed by atoms with E-state index in [2.05, 4.69) is 34.9 Å². The third-order valence-electron chi connectivity index (χ3n) is 6.87. The van der Waals surface area contributed by atoms with E-state index in [9.17, 15) is 14.4 Å². The Balaban J connectivity index is 1.33. The average Bonchev–Trinajstić information content (AvgIpc) is 3.03. The molecule has 1 atom stereocenters. The molecule has 0 heterocycles. The van der Waals surface area contributed by atoms with Gasteiger partial charge in [0.25, 0.3) is 11.8 Å². The van der Waals surface area contributed by atoms with Crippen LogP contribution in [-0.4, -0.2) is 30.2 Å². The zero-order chi connectivity index (χ0) is 28.4. The van der Waals surface area contributed by atoms with Crippen molar-refractivity contribution in [2.24, 2.45) is 0 Å². The predicted molar refractivity (Wildman–Crippen MR) is 165 cm³/mol. The van der Waals surface area contributed by atoms with E-state index in [-0.39, 0.29) is 24.1 Å². The minimum Gasteiger partial charge on any atom is -0.345 e. The second-order valence-electron chi connectivity index (χ2n) is 9.76. The summed E-state index contributed by atoms with van der Waals surface area (Å²) in [5.41, 5.74) is 3.59. The molecule has 5 rings (SSSR count). The van der Waals surface area contributed by atoms with Gasteiger partial charge in [0.1, 0.15) is 0 Å². The van der Waals surface area contributed by atoms with Gasteiger partial charge in [0, 0.05) is 11.1 Å². The van der Waals surface area contributed by atoms with Crippen LogP contribution in [0.3, 0.4) is 0 Å². The summed E-state index contributed by atoms with van der Waals surface area (Å²) in [6.07, 6.45) is 4.19. The Morgan fingerprint density at radius 3 is 2.07 bits per heavy atom. The van der Waals surface area contributed by atoms with Crippen molar-refractivity contribution < 1.29 is 14.4 Å². The molecule has 0 bridgehead atoms. The van der Waals surface area contributed by atoms with Crippen molar-refractivity contribution in [2.75, 3.05) is 6.54 Å². The number of hydrogen-bond donors (Lipinski definition) is 2. The lowest BCUT2D eigenvalue weighted by Crippen LogP contribution is -2.46. The molecule has 2 N–H and O–H groups in total. The van der Waals surface area contributed by atoms with E-state index in [0.717, 1.165) is 22.1 Å². The molecule has 0 spiro atoms. The van der Waals surface area contributed by atoms with Gasteiger partial charge >= 0.3 is 0 Å². The zero-order valence-corrected chi connectivity index (χ0v) is 22.5. The fourth-order valence-electron chi connectivity index (χ4n) is 4.66. The first-order chi connectivity index (χ1) is 20.1. The highest BCUT2D eigenvalue weighted by atomic mass is 16.2. The van der Waals surface area contributed by atoms with Gasteiger partial charge in [-0.15, -0.1) is 0 Å². The van der Waals surface area contributed by atoms with E-state index >= 15 is 0 Å². The third-order valence-corrected chi connectivity index (χ3v) is 6.87. The summed E-state index contributed by atoms with van der Waals surface area (Å²) >= 11 is 0. The Bertz CT molecular complexity index is 1690. The molecule has 5 nitrogen and oxygen atoms in total. The molecule has 5 heteroatoms. The minimum absolute atomic E-state index is 0.199. The van der Waals surface area contributed by atoms with E-state index in [4.69, 9.17) is 0 Å². The van der Waals surface area contributed by atoms with Gasteiger partial charge in [0.15, 0.2) is 5.78 Å². The molecule has 0 saturated carbocycles. The number of amides is 2. The number of carbonyl (C=O) groups excluding carboxylic acids is 3. The van der Waals surface area contributed by atoms with Crippen molar-refractivity contribution in [1.82, 2.24) is 10.6 Å². The van der Waals surface area contributed by atoms with E-state index in [1.807, 2.05) is 78.9 Å². The Morgan fingerprint density at radius 2 is 1.29 bits per heavy atom. The normalized spacial score (nSPS) is 11.7. The van der Waals surface area contributed by atoms with E-state index in [1.54, 1.807) is 36.4 Å². The Hall–Kier alpha value is -5.29. The van der Waals surface area contributed by atoms with Crippen molar-refractivity contribution in [3.63, 3.8) is 0 Å².